The van der Waals surface area contributed by atoms with Gasteiger partial charge in [0.25, 0.3) is 11.8 Å². The topological polar surface area (TPSA) is 67.4 Å². The molecule has 29 heavy (non-hydrogen) atoms. The molecule has 0 spiro atoms. The van der Waals surface area contributed by atoms with Gasteiger partial charge in [0.1, 0.15) is 10.8 Å². The number of ether oxygens (including phenoxy) is 1. The lowest BCUT2D eigenvalue weighted by Gasteiger charge is -2.18. The highest BCUT2D eigenvalue weighted by Crippen LogP contribution is 2.40. The number of methoxy groups -OCH3 is 1. The van der Waals surface area contributed by atoms with E-state index >= 15 is 0 Å². The van der Waals surface area contributed by atoms with Gasteiger partial charge < -0.3 is 15.4 Å². The Morgan fingerprint density at radius 2 is 1.86 bits per heavy atom. The van der Waals surface area contributed by atoms with Gasteiger partial charge in [-0.3, -0.25) is 9.59 Å². The molecule has 0 radical (unpaired) electrons. The fourth-order valence-electron chi connectivity index (χ4n) is 3.94. The van der Waals surface area contributed by atoms with Crippen LogP contribution in [0.3, 0.4) is 0 Å². The minimum absolute atomic E-state index is 0.155. The summed E-state index contributed by atoms with van der Waals surface area (Å²) in [6, 6.07) is 11.5. The normalized spacial score (nSPS) is 15.6. The first-order chi connectivity index (χ1) is 14.0. The third-order valence-corrected chi connectivity index (χ3v) is 6.68. The number of anilines is 1. The Kier molecular flexibility index (Phi) is 5.28. The Hall–Kier alpha value is -2.86. The molecule has 0 saturated carbocycles. The van der Waals surface area contributed by atoms with Gasteiger partial charge in [0.05, 0.1) is 18.2 Å². The standard InChI is InChI=1S/C23H24N2O3S/c1-13-8-9-16-19(10-13)29-23(20(16)22(27)24-2)25-21(26)17-11-14-6-4-5-7-15(14)12-18(17)28-3/h4-7,11-13H,8-10H2,1-3H3,(H,24,27)(H,25,26)/t13-/m1/s1. The molecule has 1 aliphatic carbocycles. The highest BCUT2D eigenvalue weighted by Gasteiger charge is 2.28. The Bertz CT molecular complexity index is 1100. The van der Waals surface area contributed by atoms with Crippen LogP contribution in [0.15, 0.2) is 36.4 Å². The lowest BCUT2D eigenvalue weighted by Crippen LogP contribution is -2.22. The number of carbonyl (C=O) groups excluding carboxylic acids is 2. The van der Waals surface area contributed by atoms with Crippen LogP contribution in [0.1, 0.15) is 44.5 Å². The second-order valence-electron chi connectivity index (χ2n) is 7.49. The monoisotopic (exact) mass is 408 g/mol. The average molecular weight is 409 g/mol. The summed E-state index contributed by atoms with van der Waals surface area (Å²) in [6.45, 7) is 2.22. The number of amides is 2. The quantitative estimate of drug-likeness (QED) is 0.660. The van der Waals surface area contributed by atoms with Crippen molar-refractivity contribution in [3.63, 3.8) is 0 Å². The third-order valence-electron chi connectivity index (χ3n) is 5.51. The van der Waals surface area contributed by atoms with Crippen LogP contribution in [0, 0.1) is 5.92 Å². The predicted molar refractivity (Wildman–Crippen MR) is 117 cm³/mol. The number of hydrogen-bond donors (Lipinski definition) is 2. The van der Waals surface area contributed by atoms with Crippen molar-refractivity contribution in [2.75, 3.05) is 19.5 Å². The molecule has 0 fully saturated rings. The van der Waals surface area contributed by atoms with Gasteiger partial charge >= 0.3 is 0 Å². The number of carbonyl (C=O) groups is 2. The smallest absolute Gasteiger partial charge is 0.260 e. The fraction of sp³-hybridized carbons (Fsp3) is 0.304. The molecule has 0 aliphatic heterocycles. The van der Waals surface area contributed by atoms with Crippen molar-refractivity contribution in [2.24, 2.45) is 5.92 Å². The minimum Gasteiger partial charge on any atom is -0.496 e. The molecule has 1 aliphatic rings. The van der Waals surface area contributed by atoms with E-state index in [2.05, 4.69) is 17.6 Å². The first-order valence-electron chi connectivity index (χ1n) is 9.76. The first kappa shape index (κ1) is 19.5. The lowest BCUT2D eigenvalue weighted by molar-refractivity contribution is 0.0963. The van der Waals surface area contributed by atoms with Gasteiger partial charge in [-0.15, -0.1) is 11.3 Å². The first-order valence-corrected chi connectivity index (χ1v) is 10.6. The molecule has 2 amide bonds. The molecule has 150 valence electrons. The average Bonchev–Trinajstić information content (AvgIpc) is 3.08. The summed E-state index contributed by atoms with van der Waals surface area (Å²) in [5.41, 5.74) is 2.13. The Labute approximate surface area is 174 Å². The van der Waals surface area contributed by atoms with E-state index in [9.17, 15) is 9.59 Å². The van der Waals surface area contributed by atoms with Gasteiger partial charge in [-0.05, 0) is 53.6 Å². The second-order valence-corrected chi connectivity index (χ2v) is 8.59. The molecule has 3 aromatic rings. The fourth-order valence-corrected chi connectivity index (χ4v) is 5.34. The zero-order chi connectivity index (χ0) is 20.5. The van der Waals surface area contributed by atoms with E-state index in [0.29, 0.717) is 27.8 Å². The summed E-state index contributed by atoms with van der Waals surface area (Å²) in [5, 5.41) is 8.30. The summed E-state index contributed by atoms with van der Waals surface area (Å²) < 4.78 is 5.47. The Balaban J connectivity index is 1.74. The number of benzene rings is 2. The van der Waals surface area contributed by atoms with E-state index < -0.39 is 0 Å². The van der Waals surface area contributed by atoms with Crippen molar-refractivity contribution >= 4 is 38.9 Å². The molecule has 1 atom stereocenters. The van der Waals surface area contributed by atoms with Crippen molar-refractivity contribution in [3.05, 3.63) is 58.0 Å². The number of nitrogens with one attached hydrogen (secondary N) is 2. The van der Waals surface area contributed by atoms with Crippen molar-refractivity contribution in [2.45, 2.75) is 26.2 Å². The Morgan fingerprint density at radius 1 is 1.14 bits per heavy atom. The molecule has 0 bridgehead atoms. The van der Waals surface area contributed by atoms with E-state index in [1.165, 1.54) is 16.2 Å². The van der Waals surface area contributed by atoms with E-state index in [1.807, 2.05) is 36.4 Å². The highest BCUT2D eigenvalue weighted by atomic mass is 32.1. The van der Waals surface area contributed by atoms with Crippen LogP contribution in [0.4, 0.5) is 5.00 Å². The summed E-state index contributed by atoms with van der Waals surface area (Å²) in [7, 11) is 3.18. The van der Waals surface area contributed by atoms with E-state index in [0.717, 1.165) is 35.6 Å². The SMILES string of the molecule is CNC(=O)c1c(NC(=O)c2cc3ccccc3cc2OC)sc2c1CC[C@@H](C)C2. The molecule has 2 N–H and O–H groups in total. The molecule has 6 heteroatoms. The predicted octanol–water partition coefficient (Wildman–Crippen LogP) is 4.65. The van der Waals surface area contributed by atoms with Crippen molar-refractivity contribution in [1.82, 2.24) is 5.32 Å². The Morgan fingerprint density at radius 3 is 2.55 bits per heavy atom. The number of fused-ring (bicyclic) bond motifs is 2. The summed E-state index contributed by atoms with van der Waals surface area (Å²) in [5.74, 6) is 0.669. The molecule has 1 aromatic heterocycles. The van der Waals surface area contributed by atoms with Gasteiger partial charge in [-0.25, -0.2) is 0 Å². The maximum atomic E-state index is 13.2. The van der Waals surface area contributed by atoms with Crippen molar-refractivity contribution in [1.29, 1.82) is 0 Å². The van der Waals surface area contributed by atoms with Crippen molar-refractivity contribution in [3.8, 4) is 5.75 Å². The molecule has 0 unspecified atom stereocenters. The summed E-state index contributed by atoms with van der Waals surface area (Å²) in [6.07, 6.45) is 2.86. The van der Waals surface area contributed by atoms with Gasteiger partial charge in [-0.1, -0.05) is 31.2 Å². The molecule has 5 nitrogen and oxygen atoms in total. The molecule has 0 saturated heterocycles. The van der Waals surface area contributed by atoms with E-state index in [-0.39, 0.29) is 11.8 Å². The van der Waals surface area contributed by atoms with E-state index in [1.54, 1.807) is 14.2 Å². The molecular formula is C23H24N2O3S. The van der Waals surface area contributed by atoms with Crippen LogP contribution < -0.4 is 15.4 Å². The van der Waals surface area contributed by atoms with Crippen LogP contribution in [-0.2, 0) is 12.8 Å². The van der Waals surface area contributed by atoms with Crippen LogP contribution in [0.5, 0.6) is 5.75 Å². The minimum atomic E-state index is -0.274. The van der Waals surface area contributed by atoms with Gasteiger partial charge in [0, 0.05) is 11.9 Å². The van der Waals surface area contributed by atoms with Crippen LogP contribution in [0.25, 0.3) is 10.8 Å². The van der Waals surface area contributed by atoms with Crippen LogP contribution in [-0.4, -0.2) is 26.0 Å². The van der Waals surface area contributed by atoms with Gasteiger partial charge in [-0.2, -0.15) is 0 Å². The van der Waals surface area contributed by atoms with Gasteiger partial charge in [0.2, 0.25) is 0 Å². The molecular weight excluding hydrogens is 384 g/mol. The zero-order valence-corrected chi connectivity index (χ0v) is 17.6. The molecule has 1 heterocycles. The molecule has 4 rings (SSSR count). The largest absolute Gasteiger partial charge is 0.496 e. The summed E-state index contributed by atoms with van der Waals surface area (Å²) in [4.78, 5) is 26.9. The van der Waals surface area contributed by atoms with Crippen LogP contribution >= 0.6 is 11.3 Å². The third kappa shape index (κ3) is 3.60. The van der Waals surface area contributed by atoms with Crippen molar-refractivity contribution < 1.29 is 14.3 Å². The maximum absolute atomic E-state index is 13.2. The van der Waals surface area contributed by atoms with Gasteiger partial charge in [0.15, 0.2) is 0 Å². The number of hydrogen-bond acceptors (Lipinski definition) is 4. The summed E-state index contributed by atoms with van der Waals surface area (Å²) >= 11 is 1.52. The maximum Gasteiger partial charge on any atom is 0.260 e. The number of thiophene rings is 1. The van der Waals surface area contributed by atoms with Crippen LogP contribution in [0.2, 0.25) is 0 Å². The lowest BCUT2D eigenvalue weighted by atomic mass is 9.88. The van der Waals surface area contributed by atoms with E-state index in [4.69, 9.17) is 4.74 Å². The zero-order valence-electron chi connectivity index (χ0n) is 16.8. The highest BCUT2D eigenvalue weighted by molar-refractivity contribution is 7.17. The number of rotatable bonds is 4. The second kappa shape index (κ2) is 7.87. The molecule has 2 aromatic carbocycles.